The van der Waals surface area contributed by atoms with E-state index in [0.29, 0.717) is 11.1 Å². The van der Waals surface area contributed by atoms with E-state index in [4.69, 9.17) is 0 Å². The van der Waals surface area contributed by atoms with Crippen LogP contribution < -0.4 is 0 Å². The number of aliphatic carboxylic acids is 1. The van der Waals surface area contributed by atoms with E-state index in [1.807, 2.05) is 12.1 Å². The van der Waals surface area contributed by atoms with Gasteiger partial charge in [-0.1, -0.05) is 24.3 Å². The van der Waals surface area contributed by atoms with Gasteiger partial charge in [0.25, 0.3) is 0 Å². The second-order valence-corrected chi connectivity index (χ2v) is 5.21. The van der Waals surface area contributed by atoms with Crippen LogP contribution in [0.25, 0.3) is 22.0 Å². The number of benzene rings is 2. The van der Waals surface area contributed by atoms with Gasteiger partial charge in [0.05, 0.1) is 11.4 Å². The Morgan fingerprint density at radius 2 is 1.91 bits per heavy atom. The maximum atomic E-state index is 13.4. The predicted molar refractivity (Wildman–Crippen MR) is 83.2 cm³/mol. The summed E-state index contributed by atoms with van der Waals surface area (Å²) in [6, 6.07) is 13.6. The number of hydrogen-bond acceptors (Lipinski definition) is 2. The lowest BCUT2D eigenvalue weighted by molar-refractivity contribution is -0.138. The van der Waals surface area contributed by atoms with E-state index in [9.17, 15) is 14.3 Å². The molecule has 110 valence electrons. The molecule has 0 radical (unpaired) electrons. The topological polar surface area (TPSA) is 50.2 Å². The molecule has 0 fully saturated rings. The number of rotatable bonds is 3. The molecule has 3 rings (SSSR count). The van der Waals surface area contributed by atoms with Crippen LogP contribution in [0.5, 0.6) is 0 Å². The van der Waals surface area contributed by atoms with Gasteiger partial charge >= 0.3 is 5.97 Å². The molecule has 1 N–H and O–H groups in total. The highest BCUT2D eigenvalue weighted by Gasteiger charge is 2.17. The average molecular weight is 295 g/mol. The first-order chi connectivity index (χ1) is 10.6. The van der Waals surface area contributed by atoms with E-state index in [1.54, 1.807) is 37.4 Å². The highest BCUT2D eigenvalue weighted by molar-refractivity contribution is 5.90. The Balaban J connectivity index is 2.20. The van der Waals surface area contributed by atoms with Crippen molar-refractivity contribution in [2.24, 2.45) is 0 Å². The van der Waals surface area contributed by atoms with Crippen molar-refractivity contribution in [3.63, 3.8) is 0 Å². The lowest BCUT2D eigenvalue weighted by Gasteiger charge is -2.11. The van der Waals surface area contributed by atoms with Crippen molar-refractivity contribution in [3.05, 3.63) is 66.1 Å². The van der Waals surface area contributed by atoms with Crippen LogP contribution in [0.3, 0.4) is 0 Å². The van der Waals surface area contributed by atoms with Gasteiger partial charge in [-0.2, -0.15) is 0 Å². The lowest BCUT2D eigenvalue weighted by Crippen LogP contribution is -2.08. The van der Waals surface area contributed by atoms with Gasteiger partial charge in [-0.05, 0) is 42.3 Å². The Morgan fingerprint density at radius 1 is 1.14 bits per heavy atom. The molecule has 0 amide bonds. The molecule has 3 aromatic rings. The summed E-state index contributed by atoms with van der Waals surface area (Å²) >= 11 is 0. The van der Waals surface area contributed by atoms with E-state index < -0.39 is 11.9 Å². The molecule has 0 aliphatic heterocycles. The molecular weight excluding hydrogens is 281 g/mol. The third-order valence-corrected chi connectivity index (χ3v) is 3.75. The van der Waals surface area contributed by atoms with E-state index in [-0.39, 0.29) is 5.82 Å². The zero-order valence-corrected chi connectivity index (χ0v) is 12.0. The van der Waals surface area contributed by atoms with Crippen LogP contribution in [0, 0.1) is 5.82 Å². The summed E-state index contributed by atoms with van der Waals surface area (Å²) in [7, 11) is 0. The predicted octanol–water partition coefficient (Wildman–Crippen LogP) is 4.23. The van der Waals surface area contributed by atoms with Crippen LogP contribution in [-0.2, 0) is 4.79 Å². The van der Waals surface area contributed by atoms with Crippen LogP contribution in [0.1, 0.15) is 18.4 Å². The van der Waals surface area contributed by atoms with Crippen LogP contribution in [-0.4, -0.2) is 16.1 Å². The van der Waals surface area contributed by atoms with Crippen molar-refractivity contribution in [3.8, 4) is 11.1 Å². The first-order valence-electron chi connectivity index (χ1n) is 6.93. The molecule has 1 atom stereocenters. The Hall–Kier alpha value is -2.75. The number of hydrogen-bond donors (Lipinski definition) is 1. The summed E-state index contributed by atoms with van der Waals surface area (Å²) in [6.07, 6.45) is 1.67. The molecule has 22 heavy (non-hydrogen) atoms. The molecule has 2 aromatic carbocycles. The van der Waals surface area contributed by atoms with Crippen molar-refractivity contribution in [2.75, 3.05) is 0 Å². The van der Waals surface area contributed by atoms with Gasteiger partial charge in [-0.25, -0.2) is 4.39 Å². The van der Waals surface area contributed by atoms with Crippen molar-refractivity contribution in [1.82, 2.24) is 4.98 Å². The number of fused-ring (bicyclic) bond motifs is 1. The monoisotopic (exact) mass is 295 g/mol. The van der Waals surface area contributed by atoms with Gasteiger partial charge in [0.2, 0.25) is 0 Å². The summed E-state index contributed by atoms with van der Waals surface area (Å²) in [5.74, 6) is -1.83. The fraction of sp³-hybridized carbons (Fsp3) is 0.111. The van der Waals surface area contributed by atoms with Crippen molar-refractivity contribution in [1.29, 1.82) is 0 Å². The average Bonchev–Trinajstić information content (AvgIpc) is 2.53. The molecule has 0 bridgehead atoms. The zero-order valence-electron chi connectivity index (χ0n) is 12.0. The fourth-order valence-corrected chi connectivity index (χ4v) is 2.51. The highest BCUT2D eigenvalue weighted by Crippen LogP contribution is 2.29. The first kappa shape index (κ1) is 14.2. The molecule has 1 aromatic heterocycles. The number of carbonyl (C=O) groups is 1. The van der Waals surface area contributed by atoms with Gasteiger partial charge in [-0.15, -0.1) is 0 Å². The van der Waals surface area contributed by atoms with Gasteiger partial charge in [0, 0.05) is 17.1 Å². The maximum absolute atomic E-state index is 13.4. The lowest BCUT2D eigenvalue weighted by atomic mass is 9.95. The van der Waals surface area contributed by atoms with Gasteiger partial charge < -0.3 is 5.11 Å². The van der Waals surface area contributed by atoms with E-state index >= 15 is 0 Å². The quantitative estimate of drug-likeness (QED) is 0.786. The third kappa shape index (κ3) is 2.55. The summed E-state index contributed by atoms with van der Waals surface area (Å²) < 4.78 is 13.4. The second kappa shape index (κ2) is 5.56. The number of halogens is 1. The minimum absolute atomic E-state index is 0.315. The summed E-state index contributed by atoms with van der Waals surface area (Å²) in [4.78, 5) is 15.6. The molecule has 1 heterocycles. The van der Waals surface area contributed by atoms with Gasteiger partial charge in [0.1, 0.15) is 5.82 Å². The van der Waals surface area contributed by atoms with Gasteiger partial charge in [-0.3, -0.25) is 9.78 Å². The standard InChI is InChI=1S/C18H14FNO2/c1-11(18(21)22)15-6-3-7-17-16(15)9-13(10-20-17)12-4-2-5-14(19)8-12/h2-11H,1H3,(H,21,22). The molecule has 1 unspecified atom stereocenters. The van der Waals surface area contributed by atoms with E-state index in [0.717, 1.165) is 16.5 Å². The molecule has 0 saturated heterocycles. The van der Waals surface area contributed by atoms with Crippen LogP contribution in [0.15, 0.2) is 54.7 Å². The van der Waals surface area contributed by atoms with E-state index in [1.165, 1.54) is 12.1 Å². The number of nitrogens with zero attached hydrogens (tertiary/aromatic N) is 1. The number of pyridine rings is 1. The van der Waals surface area contributed by atoms with Crippen molar-refractivity contribution >= 4 is 16.9 Å². The Morgan fingerprint density at radius 3 is 2.64 bits per heavy atom. The Labute approximate surface area is 127 Å². The second-order valence-electron chi connectivity index (χ2n) is 5.21. The van der Waals surface area contributed by atoms with Crippen molar-refractivity contribution < 1.29 is 14.3 Å². The maximum Gasteiger partial charge on any atom is 0.310 e. The van der Waals surface area contributed by atoms with Crippen LogP contribution >= 0.6 is 0 Å². The van der Waals surface area contributed by atoms with Crippen LogP contribution in [0.2, 0.25) is 0 Å². The number of aromatic nitrogens is 1. The molecule has 0 saturated carbocycles. The molecule has 0 spiro atoms. The minimum atomic E-state index is -0.886. The summed E-state index contributed by atoms with van der Waals surface area (Å²) in [5, 5.41) is 10.0. The molecule has 0 aliphatic rings. The number of carboxylic acids is 1. The molecule has 4 heteroatoms. The summed E-state index contributed by atoms with van der Waals surface area (Å²) in [5.41, 5.74) is 2.91. The number of carboxylic acid groups (broad SMARTS) is 1. The fourth-order valence-electron chi connectivity index (χ4n) is 2.51. The van der Waals surface area contributed by atoms with Gasteiger partial charge in [0.15, 0.2) is 0 Å². The Bertz CT molecular complexity index is 861. The third-order valence-electron chi connectivity index (χ3n) is 3.75. The molecular formula is C18H14FNO2. The van der Waals surface area contributed by atoms with E-state index in [2.05, 4.69) is 4.98 Å². The normalized spacial score (nSPS) is 12.3. The molecule has 3 nitrogen and oxygen atoms in total. The summed E-state index contributed by atoms with van der Waals surface area (Å²) in [6.45, 7) is 1.64. The first-order valence-corrected chi connectivity index (χ1v) is 6.93. The Kier molecular flexibility index (Phi) is 3.59. The SMILES string of the molecule is CC(C(=O)O)c1cccc2ncc(-c3cccc(F)c3)cc12. The smallest absolute Gasteiger partial charge is 0.310 e. The minimum Gasteiger partial charge on any atom is -0.481 e. The zero-order chi connectivity index (χ0) is 15.7. The largest absolute Gasteiger partial charge is 0.481 e. The highest BCUT2D eigenvalue weighted by atomic mass is 19.1. The van der Waals surface area contributed by atoms with Crippen molar-refractivity contribution in [2.45, 2.75) is 12.8 Å². The van der Waals surface area contributed by atoms with Crippen LogP contribution in [0.4, 0.5) is 4.39 Å². The molecule has 0 aliphatic carbocycles.